The molecule has 1 rings (SSSR count). The van der Waals surface area contributed by atoms with E-state index in [1.54, 1.807) is 0 Å². The van der Waals surface area contributed by atoms with Crippen LogP contribution in [0, 0.1) is 0 Å². The van der Waals surface area contributed by atoms with E-state index in [1.807, 2.05) is 0 Å². The van der Waals surface area contributed by atoms with Crippen molar-refractivity contribution in [2.75, 3.05) is 7.05 Å². The first-order chi connectivity index (χ1) is 15.8. The van der Waals surface area contributed by atoms with Gasteiger partial charge in [-0.2, -0.15) is 4.44 Å². The Morgan fingerprint density at radius 2 is 0.658 bits per heavy atom. The van der Waals surface area contributed by atoms with Gasteiger partial charge in [-0.1, -0.05) is 0 Å². The van der Waals surface area contributed by atoms with Crippen LogP contribution in [0.1, 0.15) is 125 Å². The highest BCUT2D eigenvalue weighted by molar-refractivity contribution is 7.88. The molecule has 0 spiro atoms. The fraction of sp³-hybridized carbons (Fsp3) is 1.00. The van der Waals surface area contributed by atoms with Crippen LogP contribution in [-0.2, 0) is 0 Å². The van der Waals surface area contributed by atoms with E-state index in [0.29, 0.717) is 0 Å². The van der Waals surface area contributed by atoms with E-state index in [-0.39, 0.29) is 57.2 Å². The van der Waals surface area contributed by atoms with E-state index < -0.39 is 22.9 Å². The zero-order valence-electron chi connectivity index (χ0n) is 28.1. The summed E-state index contributed by atoms with van der Waals surface area (Å²) in [5.41, 5.74) is -1.21. The summed E-state index contributed by atoms with van der Waals surface area (Å²) in [5.74, 6) is 0. The maximum absolute atomic E-state index is 5.81. The van der Waals surface area contributed by atoms with Gasteiger partial charge in [0.1, 0.15) is 0 Å². The monoisotopic (exact) mass is 709 g/mol. The van der Waals surface area contributed by atoms with Crippen molar-refractivity contribution < 1.29 is 24.0 Å². The molecular formula is C25H63IN9P3. The lowest BCUT2D eigenvalue weighted by molar-refractivity contribution is -0.0000148. The van der Waals surface area contributed by atoms with Crippen LogP contribution in [-0.4, -0.2) is 44.7 Å². The molecule has 0 aromatic carbocycles. The number of rotatable bonds is 6. The van der Waals surface area contributed by atoms with Crippen molar-refractivity contribution in [3.63, 3.8) is 0 Å². The zero-order chi connectivity index (χ0) is 29.7. The topological polar surface area (TPSA) is 100 Å². The zero-order valence-corrected chi connectivity index (χ0v) is 32.9. The molecule has 0 aliphatic carbocycles. The lowest BCUT2D eigenvalue weighted by Gasteiger charge is -2.52. The van der Waals surface area contributed by atoms with E-state index in [9.17, 15) is 0 Å². The molecule has 0 bridgehead atoms. The molecule has 0 saturated heterocycles. The van der Waals surface area contributed by atoms with Crippen molar-refractivity contribution in [1.82, 2.24) is 35.0 Å². The van der Waals surface area contributed by atoms with Gasteiger partial charge < -0.3 is 24.0 Å². The molecular weight excluding hydrogens is 646 g/mol. The van der Waals surface area contributed by atoms with Crippen LogP contribution in [0.2, 0.25) is 0 Å². The smallest absolute Gasteiger partial charge is 0.400 e. The quantitative estimate of drug-likeness (QED) is 0.174. The van der Waals surface area contributed by atoms with Crippen LogP contribution in [0.15, 0.2) is 9.03 Å². The Kier molecular flexibility index (Phi) is 12.6. The van der Waals surface area contributed by atoms with Gasteiger partial charge in [0.05, 0.1) is 0 Å². The van der Waals surface area contributed by atoms with Crippen molar-refractivity contribution >= 4 is 22.9 Å². The minimum atomic E-state index is -2.70. The predicted octanol–water partition coefficient (Wildman–Crippen LogP) is 4.83. The fourth-order valence-corrected chi connectivity index (χ4v) is 18.9. The first kappa shape index (κ1) is 39.3. The summed E-state index contributed by atoms with van der Waals surface area (Å²) in [4.78, 5) is 0. The normalized spacial score (nSPS) is 20.8. The fourth-order valence-electron chi connectivity index (χ4n) is 4.05. The second kappa shape index (κ2) is 12.1. The van der Waals surface area contributed by atoms with Crippen LogP contribution in [0.25, 0.3) is 0 Å². The average molecular weight is 710 g/mol. The van der Waals surface area contributed by atoms with Gasteiger partial charge in [-0.3, -0.25) is 20.3 Å². The molecule has 0 aromatic rings. The Morgan fingerprint density at radius 3 is 0.816 bits per heavy atom. The van der Waals surface area contributed by atoms with Gasteiger partial charge in [0.15, 0.2) is 0 Å². The van der Waals surface area contributed by atoms with Crippen molar-refractivity contribution in [2.45, 2.75) is 158 Å². The number of hydrogen-bond acceptors (Lipinski definition) is 9. The summed E-state index contributed by atoms with van der Waals surface area (Å²) in [6.45, 7) is 39.8. The van der Waals surface area contributed by atoms with Crippen LogP contribution >= 0.6 is 22.9 Å². The van der Waals surface area contributed by atoms with Crippen molar-refractivity contribution in [1.29, 1.82) is 0 Å². The summed E-state index contributed by atoms with van der Waals surface area (Å²) >= 11 is 0. The summed E-state index contributed by atoms with van der Waals surface area (Å²) in [6, 6.07) is 0. The first-order valence-electron chi connectivity index (χ1n) is 13.5. The summed E-state index contributed by atoms with van der Waals surface area (Å²) in [7, 11) is -5.71. The van der Waals surface area contributed by atoms with E-state index in [1.165, 1.54) is 0 Å². The average Bonchev–Trinajstić information content (AvgIpc) is 2.41. The molecule has 9 nitrogen and oxygen atoms in total. The number of nitrogens with one attached hydrogen (secondary N) is 6. The van der Waals surface area contributed by atoms with Gasteiger partial charge in [0.2, 0.25) is 15.0 Å². The van der Waals surface area contributed by atoms with Gasteiger partial charge in [0, 0.05) is 40.3 Å². The molecule has 0 amide bonds. The molecule has 0 atom stereocenters. The molecule has 38 heavy (non-hydrogen) atoms. The van der Waals surface area contributed by atoms with Crippen molar-refractivity contribution in [3.05, 3.63) is 0 Å². The third-order valence-electron chi connectivity index (χ3n) is 4.30. The molecule has 0 fully saturated rings. The molecule has 13 heteroatoms. The number of hydrogen-bond donors (Lipinski definition) is 6. The highest BCUT2D eigenvalue weighted by Crippen LogP contribution is 2.79. The standard InChI is InChI=1S/C25H63N9P3.HI/c1-20(2,3)26-35(27-21(4,5)6)32-36(28-22(7,8)9,29-23(10,11)12)34(19)37(33-35,30-24(13,14)15)31-25(16,17)18;/h26-31H,1-19H3;1H/q+1;/p-1. The first-order valence-corrected chi connectivity index (χ1v) is 18.6. The Bertz CT molecular complexity index is 795. The maximum atomic E-state index is 5.81. The van der Waals surface area contributed by atoms with Crippen LogP contribution in [0.3, 0.4) is 0 Å². The molecule has 0 unspecified atom stereocenters. The van der Waals surface area contributed by atoms with Gasteiger partial charge in [-0.15, -0.1) is 10.2 Å². The minimum Gasteiger partial charge on any atom is -1.00 e. The van der Waals surface area contributed by atoms with E-state index in [0.717, 1.165) is 0 Å². The van der Waals surface area contributed by atoms with E-state index in [4.69, 9.17) is 9.03 Å². The van der Waals surface area contributed by atoms with E-state index in [2.05, 4.69) is 167 Å². The lowest BCUT2D eigenvalue weighted by atomic mass is 10.1. The van der Waals surface area contributed by atoms with Crippen LogP contribution < -0.4 is 54.5 Å². The predicted molar refractivity (Wildman–Crippen MR) is 171 cm³/mol. The SMILES string of the molecule is CN1P(NC(C)(C)C)(NC(C)(C)C)=N[P+](NC(C)(C)C)(NC(C)(C)C)N=P1(NC(C)(C)C)NC(C)(C)C.[I-]. The largest absolute Gasteiger partial charge is 1.00 e. The number of nitrogens with zero attached hydrogens (tertiary/aromatic N) is 3. The Hall–Kier alpha value is 1.34. The van der Waals surface area contributed by atoms with Gasteiger partial charge in [-0.05, 0) is 134 Å². The summed E-state index contributed by atoms with van der Waals surface area (Å²) in [6.07, 6.45) is 0. The highest BCUT2D eigenvalue weighted by atomic mass is 127. The van der Waals surface area contributed by atoms with E-state index >= 15 is 0 Å². The molecule has 0 saturated carbocycles. The van der Waals surface area contributed by atoms with Crippen LogP contribution in [0.4, 0.5) is 0 Å². The molecule has 0 aromatic heterocycles. The van der Waals surface area contributed by atoms with Crippen molar-refractivity contribution in [2.24, 2.45) is 9.03 Å². The molecule has 230 valence electrons. The second-order valence-electron chi connectivity index (χ2n) is 16.6. The highest BCUT2D eigenvalue weighted by Gasteiger charge is 2.59. The van der Waals surface area contributed by atoms with Gasteiger partial charge in [-0.25, -0.2) is 0 Å². The molecule has 0 radical (unpaired) electrons. The minimum absolute atomic E-state index is 0. The maximum Gasteiger partial charge on any atom is 0.400 e. The Labute approximate surface area is 254 Å². The molecule has 1 heterocycles. The Morgan fingerprint density at radius 1 is 0.447 bits per heavy atom. The molecule has 1 aliphatic heterocycles. The van der Waals surface area contributed by atoms with Gasteiger partial charge in [0.25, 0.3) is 0 Å². The number of halogens is 1. The molecule has 1 aliphatic rings. The third kappa shape index (κ3) is 13.1. The lowest BCUT2D eigenvalue weighted by Crippen LogP contribution is -3.00. The molecule has 6 N–H and O–H groups in total. The van der Waals surface area contributed by atoms with Gasteiger partial charge >= 0.3 is 7.87 Å². The second-order valence-corrected chi connectivity index (χ2v) is 24.5. The summed E-state index contributed by atoms with van der Waals surface area (Å²) < 4.78 is 14.0. The van der Waals surface area contributed by atoms with Crippen molar-refractivity contribution in [3.8, 4) is 0 Å². The third-order valence-corrected chi connectivity index (χ3v) is 17.6. The Balaban J connectivity index is 0.0000137. The summed E-state index contributed by atoms with van der Waals surface area (Å²) in [5, 5.41) is 24.0. The van der Waals surface area contributed by atoms with Crippen LogP contribution in [0.5, 0.6) is 0 Å².